The van der Waals surface area contributed by atoms with Gasteiger partial charge in [-0.1, -0.05) is 23.7 Å². The lowest BCUT2D eigenvalue weighted by molar-refractivity contribution is -0.139. The van der Waals surface area contributed by atoms with E-state index in [0.717, 1.165) is 25.9 Å². The molecular formula is C15H17ClF3NO. The highest BCUT2D eigenvalue weighted by Crippen LogP contribution is 2.39. The fraction of sp³-hybridized carbons (Fsp3) is 0.600. The van der Waals surface area contributed by atoms with Gasteiger partial charge in [0.25, 0.3) is 0 Å². The number of hydrogen-bond donors (Lipinski definition) is 1. The van der Waals surface area contributed by atoms with Gasteiger partial charge in [-0.25, -0.2) is 0 Å². The molecule has 1 saturated carbocycles. The standard InChI is InChI=1S/C15H17ClF3NO/c16-13-3-1-2-9(14(13)15(17,18)19)8-21-12-4-10-6-20-7-11(10)5-12/h1-3,10-12,20H,4-8H2. The Morgan fingerprint density at radius 1 is 1.19 bits per heavy atom. The zero-order valence-corrected chi connectivity index (χ0v) is 12.2. The van der Waals surface area contributed by atoms with E-state index in [9.17, 15) is 13.2 Å². The minimum Gasteiger partial charge on any atom is -0.374 e. The Morgan fingerprint density at radius 3 is 2.48 bits per heavy atom. The van der Waals surface area contributed by atoms with Crippen molar-refractivity contribution in [3.8, 4) is 0 Å². The molecule has 1 aliphatic heterocycles. The summed E-state index contributed by atoms with van der Waals surface area (Å²) in [6.07, 6.45) is -2.53. The maximum atomic E-state index is 13.0. The summed E-state index contributed by atoms with van der Waals surface area (Å²) in [6.45, 7) is 1.96. The van der Waals surface area contributed by atoms with Crippen LogP contribution in [0, 0.1) is 11.8 Å². The average Bonchev–Trinajstić information content (AvgIpc) is 2.95. The summed E-state index contributed by atoms with van der Waals surface area (Å²) in [4.78, 5) is 0. The average molecular weight is 320 g/mol. The fourth-order valence-corrected chi connectivity index (χ4v) is 3.76. The van der Waals surface area contributed by atoms with Gasteiger partial charge in [-0.3, -0.25) is 0 Å². The number of rotatable bonds is 3. The van der Waals surface area contributed by atoms with Crippen molar-refractivity contribution >= 4 is 11.6 Å². The molecule has 2 aliphatic rings. The summed E-state index contributed by atoms with van der Waals surface area (Å²) >= 11 is 5.70. The summed E-state index contributed by atoms with van der Waals surface area (Å²) in [5.74, 6) is 1.22. The quantitative estimate of drug-likeness (QED) is 0.913. The molecule has 2 unspecified atom stereocenters. The topological polar surface area (TPSA) is 21.3 Å². The highest BCUT2D eigenvalue weighted by atomic mass is 35.5. The van der Waals surface area contributed by atoms with Crippen molar-refractivity contribution in [3.05, 3.63) is 34.3 Å². The van der Waals surface area contributed by atoms with Gasteiger partial charge in [0, 0.05) is 0 Å². The zero-order valence-electron chi connectivity index (χ0n) is 11.4. The first-order chi connectivity index (χ1) is 9.95. The predicted octanol–water partition coefficient (Wildman–Crippen LogP) is 3.87. The molecule has 2 nitrogen and oxygen atoms in total. The SMILES string of the molecule is FC(F)(F)c1c(Cl)cccc1COC1CC2CNCC2C1. The maximum Gasteiger partial charge on any atom is 0.418 e. The Balaban J connectivity index is 1.67. The van der Waals surface area contributed by atoms with E-state index in [-0.39, 0.29) is 23.3 Å². The summed E-state index contributed by atoms with van der Waals surface area (Å²) in [5, 5.41) is 3.07. The molecular weight excluding hydrogens is 303 g/mol. The number of alkyl halides is 3. The molecule has 116 valence electrons. The van der Waals surface area contributed by atoms with E-state index in [4.69, 9.17) is 16.3 Å². The highest BCUT2D eigenvalue weighted by molar-refractivity contribution is 6.31. The summed E-state index contributed by atoms with van der Waals surface area (Å²) in [5.41, 5.74) is -0.656. The molecule has 1 aromatic carbocycles. The molecule has 3 rings (SSSR count). The minimum absolute atomic E-state index is 0.0348. The Labute approximate surface area is 126 Å². The van der Waals surface area contributed by atoms with E-state index in [0.29, 0.717) is 11.8 Å². The van der Waals surface area contributed by atoms with Crippen LogP contribution in [-0.4, -0.2) is 19.2 Å². The molecule has 1 N–H and O–H groups in total. The molecule has 1 heterocycles. The van der Waals surface area contributed by atoms with Crippen LogP contribution < -0.4 is 5.32 Å². The van der Waals surface area contributed by atoms with Crippen LogP contribution in [0.15, 0.2) is 18.2 Å². The van der Waals surface area contributed by atoms with Gasteiger partial charge >= 0.3 is 6.18 Å². The van der Waals surface area contributed by atoms with Crippen molar-refractivity contribution in [1.82, 2.24) is 5.32 Å². The van der Waals surface area contributed by atoms with Crippen molar-refractivity contribution < 1.29 is 17.9 Å². The van der Waals surface area contributed by atoms with Crippen molar-refractivity contribution in [3.63, 3.8) is 0 Å². The highest BCUT2D eigenvalue weighted by Gasteiger charge is 2.39. The first-order valence-corrected chi connectivity index (χ1v) is 7.50. The van der Waals surface area contributed by atoms with Crippen molar-refractivity contribution in [1.29, 1.82) is 0 Å². The number of benzene rings is 1. The maximum absolute atomic E-state index is 13.0. The third-order valence-corrected chi connectivity index (χ3v) is 4.78. The number of nitrogens with one attached hydrogen (secondary N) is 1. The molecule has 0 spiro atoms. The molecule has 2 fully saturated rings. The molecule has 0 bridgehead atoms. The van der Waals surface area contributed by atoms with E-state index in [2.05, 4.69) is 5.32 Å². The molecule has 1 aromatic rings. The van der Waals surface area contributed by atoms with Crippen molar-refractivity contribution in [2.45, 2.75) is 31.7 Å². The lowest BCUT2D eigenvalue weighted by Crippen LogP contribution is -2.17. The minimum atomic E-state index is -4.45. The van der Waals surface area contributed by atoms with Crippen molar-refractivity contribution in [2.75, 3.05) is 13.1 Å². The van der Waals surface area contributed by atoms with Gasteiger partial charge in [-0.05, 0) is 49.4 Å². The smallest absolute Gasteiger partial charge is 0.374 e. The van der Waals surface area contributed by atoms with Crippen LogP contribution in [-0.2, 0) is 17.5 Å². The van der Waals surface area contributed by atoms with Crippen LogP contribution in [0.4, 0.5) is 13.2 Å². The Hall–Kier alpha value is -0.780. The second-order valence-corrected chi connectivity index (χ2v) is 6.26. The third kappa shape index (κ3) is 3.20. The lowest BCUT2D eigenvalue weighted by atomic mass is 10.0. The first-order valence-electron chi connectivity index (χ1n) is 7.12. The number of hydrogen-bond acceptors (Lipinski definition) is 2. The second kappa shape index (κ2) is 5.78. The molecule has 6 heteroatoms. The monoisotopic (exact) mass is 319 g/mol. The third-order valence-electron chi connectivity index (χ3n) is 4.47. The molecule has 1 aliphatic carbocycles. The molecule has 0 aromatic heterocycles. The van der Waals surface area contributed by atoms with Crippen molar-refractivity contribution in [2.24, 2.45) is 11.8 Å². The van der Waals surface area contributed by atoms with E-state index in [1.807, 2.05) is 0 Å². The molecule has 21 heavy (non-hydrogen) atoms. The fourth-order valence-electron chi connectivity index (χ4n) is 3.46. The summed E-state index contributed by atoms with van der Waals surface area (Å²) in [7, 11) is 0. The number of halogens is 4. The lowest BCUT2D eigenvalue weighted by Gasteiger charge is -2.17. The van der Waals surface area contributed by atoms with E-state index in [1.165, 1.54) is 18.2 Å². The van der Waals surface area contributed by atoms with Crippen LogP contribution in [0.5, 0.6) is 0 Å². The number of ether oxygens (including phenoxy) is 1. The Bertz CT molecular complexity index is 508. The van der Waals surface area contributed by atoms with E-state index < -0.39 is 11.7 Å². The summed E-state index contributed by atoms with van der Waals surface area (Å²) in [6, 6.07) is 4.23. The molecule has 0 amide bonds. The van der Waals surface area contributed by atoms with Crippen LogP contribution in [0.1, 0.15) is 24.0 Å². The summed E-state index contributed by atoms with van der Waals surface area (Å²) < 4.78 is 44.9. The van der Waals surface area contributed by atoms with Crippen LogP contribution in [0.2, 0.25) is 5.02 Å². The predicted molar refractivity (Wildman–Crippen MR) is 74.1 cm³/mol. The van der Waals surface area contributed by atoms with E-state index in [1.54, 1.807) is 0 Å². The second-order valence-electron chi connectivity index (χ2n) is 5.85. The van der Waals surface area contributed by atoms with Gasteiger partial charge in [0.15, 0.2) is 0 Å². The van der Waals surface area contributed by atoms with E-state index >= 15 is 0 Å². The molecule has 0 radical (unpaired) electrons. The number of fused-ring (bicyclic) bond motifs is 1. The van der Waals surface area contributed by atoms with Gasteiger partial charge in [-0.2, -0.15) is 13.2 Å². The zero-order chi connectivity index (χ0) is 15.0. The first kappa shape index (κ1) is 15.1. The van der Waals surface area contributed by atoms with Crippen LogP contribution in [0.3, 0.4) is 0 Å². The normalized spacial score (nSPS) is 28.9. The molecule has 1 saturated heterocycles. The molecule has 2 atom stereocenters. The van der Waals surface area contributed by atoms with Gasteiger partial charge in [-0.15, -0.1) is 0 Å². The van der Waals surface area contributed by atoms with Gasteiger partial charge in [0.2, 0.25) is 0 Å². The van der Waals surface area contributed by atoms with Gasteiger partial charge < -0.3 is 10.1 Å². The Kier molecular flexibility index (Phi) is 4.17. The Morgan fingerprint density at radius 2 is 1.86 bits per heavy atom. The van der Waals surface area contributed by atoms with Crippen LogP contribution in [0.25, 0.3) is 0 Å². The van der Waals surface area contributed by atoms with Gasteiger partial charge in [0.05, 0.1) is 23.3 Å². The largest absolute Gasteiger partial charge is 0.418 e. The van der Waals surface area contributed by atoms with Gasteiger partial charge in [0.1, 0.15) is 0 Å². The van der Waals surface area contributed by atoms with Crippen LogP contribution >= 0.6 is 11.6 Å².